The fraction of sp³-hybridized carbons (Fsp3) is 0.222. The molecule has 2 N–H and O–H groups in total. The van der Waals surface area contributed by atoms with Crippen molar-refractivity contribution in [3.63, 3.8) is 0 Å². The van der Waals surface area contributed by atoms with E-state index in [0.29, 0.717) is 5.82 Å². The molecule has 0 aliphatic carbocycles. The van der Waals surface area contributed by atoms with Crippen molar-refractivity contribution < 1.29 is 9.90 Å². The van der Waals surface area contributed by atoms with Gasteiger partial charge in [0, 0.05) is 0 Å². The maximum absolute atomic E-state index is 10.6. The van der Waals surface area contributed by atoms with Crippen LogP contribution in [0, 0.1) is 0 Å². The van der Waals surface area contributed by atoms with Gasteiger partial charge in [-0.2, -0.15) is 0 Å². The molecule has 2 aromatic rings. The highest BCUT2D eigenvalue weighted by Crippen LogP contribution is 2.17. The summed E-state index contributed by atoms with van der Waals surface area (Å²) >= 11 is 1.43. The molecule has 2 heterocycles. The third-order valence-corrected chi connectivity index (χ3v) is 2.67. The number of thiazole rings is 1. The first-order valence-electron chi connectivity index (χ1n) is 4.36. The molecule has 0 fully saturated rings. The number of aromatic nitrogens is 2. The van der Waals surface area contributed by atoms with Crippen LogP contribution in [-0.4, -0.2) is 27.1 Å². The van der Waals surface area contributed by atoms with Crippen molar-refractivity contribution in [3.8, 4) is 0 Å². The summed E-state index contributed by atoms with van der Waals surface area (Å²) < 4.78 is 0. The van der Waals surface area contributed by atoms with E-state index in [9.17, 15) is 4.79 Å². The van der Waals surface area contributed by atoms with E-state index in [1.54, 1.807) is 18.5 Å². The first-order chi connectivity index (χ1) is 7.16. The number of fused-ring (bicyclic) bond motifs is 1. The van der Waals surface area contributed by atoms with E-state index in [1.807, 2.05) is 6.07 Å². The monoisotopic (exact) mass is 223 g/mol. The van der Waals surface area contributed by atoms with E-state index in [2.05, 4.69) is 15.3 Å². The van der Waals surface area contributed by atoms with Crippen LogP contribution < -0.4 is 5.32 Å². The molecular weight excluding hydrogens is 214 g/mol. The summed E-state index contributed by atoms with van der Waals surface area (Å²) in [6, 6.07) is 2.89. The predicted molar refractivity (Wildman–Crippen MR) is 58.1 cm³/mol. The molecule has 0 aromatic carbocycles. The quantitative estimate of drug-likeness (QED) is 0.826. The normalized spacial score (nSPS) is 12.6. The maximum Gasteiger partial charge on any atom is 0.325 e. The number of aliphatic carboxylic acids is 1. The minimum atomic E-state index is -0.902. The minimum Gasteiger partial charge on any atom is -0.480 e. The molecule has 0 saturated heterocycles. The molecule has 0 radical (unpaired) electrons. The van der Waals surface area contributed by atoms with Crippen LogP contribution in [0.4, 0.5) is 5.82 Å². The lowest BCUT2D eigenvalue weighted by Crippen LogP contribution is -2.25. The van der Waals surface area contributed by atoms with Gasteiger partial charge in [-0.05, 0) is 19.1 Å². The van der Waals surface area contributed by atoms with Crippen LogP contribution in [0.15, 0.2) is 17.6 Å². The summed E-state index contributed by atoms with van der Waals surface area (Å²) in [4.78, 5) is 19.7. The van der Waals surface area contributed by atoms with E-state index in [0.717, 1.165) is 10.3 Å². The number of carboxylic acid groups (broad SMARTS) is 1. The van der Waals surface area contributed by atoms with E-state index < -0.39 is 12.0 Å². The van der Waals surface area contributed by atoms with Crippen molar-refractivity contribution in [2.45, 2.75) is 13.0 Å². The lowest BCUT2D eigenvalue weighted by Gasteiger charge is -2.08. The second-order valence-electron chi connectivity index (χ2n) is 3.08. The largest absolute Gasteiger partial charge is 0.480 e. The highest BCUT2D eigenvalue weighted by molar-refractivity contribution is 7.16. The highest BCUT2D eigenvalue weighted by Gasteiger charge is 2.11. The zero-order valence-electron chi connectivity index (χ0n) is 7.97. The second kappa shape index (κ2) is 3.82. The van der Waals surface area contributed by atoms with Crippen LogP contribution in [0.5, 0.6) is 0 Å². The molecule has 15 heavy (non-hydrogen) atoms. The second-order valence-corrected chi connectivity index (χ2v) is 3.91. The summed E-state index contributed by atoms with van der Waals surface area (Å²) in [5.41, 5.74) is 2.54. The Hall–Kier alpha value is -1.69. The van der Waals surface area contributed by atoms with Crippen molar-refractivity contribution in [1.82, 2.24) is 9.97 Å². The number of nitrogens with one attached hydrogen (secondary N) is 1. The lowest BCUT2D eigenvalue weighted by atomic mass is 10.3. The van der Waals surface area contributed by atoms with E-state index >= 15 is 0 Å². The number of carboxylic acids is 1. The number of carbonyl (C=O) groups is 1. The van der Waals surface area contributed by atoms with Gasteiger partial charge in [0.15, 0.2) is 0 Å². The zero-order valence-corrected chi connectivity index (χ0v) is 8.78. The summed E-state index contributed by atoms with van der Waals surface area (Å²) in [5.74, 6) is -0.345. The van der Waals surface area contributed by atoms with Crippen LogP contribution in [0.3, 0.4) is 0 Å². The Kier molecular flexibility index (Phi) is 2.51. The van der Waals surface area contributed by atoms with Crippen LogP contribution >= 0.6 is 11.3 Å². The van der Waals surface area contributed by atoms with Gasteiger partial charge in [-0.25, -0.2) is 9.97 Å². The molecule has 6 heteroatoms. The van der Waals surface area contributed by atoms with Crippen molar-refractivity contribution in [2.75, 3.05) is 5.32 Å². The number of hydrogen-bond donors (Lipinski definition) is 2. The first-order valence-corrected chi connectivity index (χ1v) is 5.24. The van der Waals surface area contributed by atoms with Gasteiger partial charge >= 0.3 is 5.97 Å². The summed E-state index contributed by atoms with van der Waals surface area (Å²) in [6.45, 7) is 1.57. The standard InChI is InChI=1S/C9H9N3O2S/c1-5(9(13)14)11-7-3-2-6-8(12-7)15-4-10-6/h2-5H,1H3,(H,11,12)(H,13,14). The van der Waals surface area contributed by atoms with Gasteiger partial charge in [0.05, 0.1) is 5.51 Å². The number of hydrogen-bond acceptors (Lipinski definition) is 5. The third kappa shape index (κ3) is 2.04. The first kappa shape index (κ1) is 9.85. The molecule has 1 unspecified atom stereocenters. The Morgan fingerprint density at radius 1 is 1.60 bits per heavy atom. The molecule has 5 nitrogen and oxygen atoms in total. The molecule has 0 bridgehead atoms. The summed E-state index contributed by atoms with van der Waals surface area (Å²) in [6.07, 6.45) is 0. The van der Waals surface area contributed by atoms with Gasteiger partial charge in [-0.15, -0.1) is 11.3 Å². The van der Waals surface area contributed by atoms with Crippen molar-refractivity contribution in [2.24, 2.45) is 0 Å². The van der Waals surface area contributed by atoms with Crippen LogP contribution in [0.1, 0.15) is 6.92 Å². The fourth-order valence-electron chi connectivity index (χ4n) is 1.12. The number of pyridine rings is 1. The van der Waals surface area contributed by atoms with Crippen LogP contribution in [0.2, 0.25) is 0 Å². The predicted octanol–water partition coefficient (Wildman–Crippen LogP) is 1.58. The van der Waals surface area contributed by atoms with Gasteiger partial charge in [0.1, 0.15) is 22.2 Å². The molecular formula is C9H9N3O2S. The summed E-state index contributed by atoms with van der Waals surface area (Å²) in [7, 11) is 0. The summed E-state index contributed by atoms with van der Waals surface area (Å²) in [5, 5.41) is 11.5. The average Bonchev–Trinajstić information content (AvgIpc) is 2.64. The van der Waals surface area contributed by atoms with Gasteiger partial charge in [0.25, 0.3) is 0 Å². The Morgan fingerprint density at radius 2 is 2.40 bits per heavy atom. The number of nitrogens with zero attached hydrogens (tertiary/aromatic N) is 2. The molecule has 0 saturated carbocycles. The Balaban J connectivity index is 2.24. The molecule has 1 atom stereocenters. The molecule has 2 aromatic heterocycles. The van der Waals surface area contributed by atoms with Gasteiger partial charge in [-0.1, -0.05) is 0 Å². The van der Waals surface area contributed by atoms with Crippen molar-refractivity contribution >= 4 is 33.5 Å². The van der Waals surface area contributed by atoms with Gasteiger partial charge in [0.2, 0.25) is 0 Å². The van der Waals surface area contributed by atoms with Crippen molar-refractivity contribution in [1.29, 1.82) is 0 Å². The fourth-order valence-corrected chi connectivity index (χ4v) is 1.77. The molecule has 0 amide bonds. The molecule has 0 aliphatic heterocycles. The molecule has 78 valence electrons. The highest BCUT2D eigenvalue weighted by atomic mass is 32.1. The molecule has 2 rings (SSSR count). The SMILES string of the molecule is CC(Nc1ccc2ncsc2n1)C(=O)O. The zero-order chi connectivity index (χ0) is 10.8. The third-order valence-electron chi connectivity index (χ3n) is 1.93. The number of rotatable bonds is 3. The molecule has 0 aliphatic rings. The smallest absolute Gasteiger partial charge is 0.325 e. The Labute approximate surface area is 89.8 Å². The van der Waals surface area contributed by atoms with E-state index in [4.69, 9.17) is 5.11 Å². The average molecular weight is 223 g/mol. The number of anilines is 1. The van der Waals surface area contributed by atoms with Crippen LogP contribution in [0.25, 0.3) is 10.3 Å². The Bertz CT molecular complexity index is 497. The van der Waals surface area contributed by atoms with Gasteiger partial charge in [-0.3, -0.25) is 4.79 Å². The van der Waals surface area contributed by atoms with E-state index in [1.165, 1.54) is 11.3 Å². The van der Waals surface area contributed by atoms with Crippen molar-refractivity contribution in [3.05, 3.63) is 17.6 Å². The molecule has 0 spiro atoms. The van der Waals surface area contributed by atoms with Crippen LogP contribution in [-0.2, 0) is 4.79 Å². The van der Waals surface area contributed by atoms with E-state index in [-0.39, 0.29) is 0 Å². The topological polar surface area (TPSA) is 75.1 Å². The van der Waals surface area contributed by atoms with Gasteiger partial charge < -0.3 is 10.4 Å². The maximum atomic E-state index is 10.6. The lowest BCUT2D eigenvalue weighted by molar-refractivity contribution is -0.137. The minimum absolute atomic E-state index is 0.557. The Morgan fingerprint density at radius 3 is 3.13 bits per heavy atom.